The van der Waals surface area contributed by atoms with Crippen LogP contribution in [0.15, 0.2) is 39.6 Å². The lowest BCUT2D eigenvalue weighted by Gasteiger charge is -2.12. The van der Waals surface area contributed by atoms with Crippen LogP contribution in [0.1, 0.15) is 5.56 Å². The van der Waals surface area contributed by atoms with Crippen LogP contribution in [-0.2, 0) is 7.05 Å². The molecule has 0 saturated carbocycles. The molecule has 0 radical (unpaired) electrons. The van der Waals surface area contributed by atoms with Crippen LogP contribution >= 0.6 is 15.9 Å². The van der Waals surface area contributed by atoms with Gasteiger partial charge in [-0.1, -0.05) is 12.0 Å². The summed E-state index contributed by atoms with van der Waals surface area (Å²) in [4.78, 5) is 12.0. The Hall–Kier alpha value is -1.99. The molecule has 2 rings (SSSR count). The number of nitrogens with zero attached hydrogens (tertiary/aromatic N) is 1. The van der Waals surface area contributed by atoms with Gasteiger partial charge in [0.15, 0.2) is 0 Å². The third kappa shape index (κ3) is 2.78. The minimum Gasteiger partial charge on any atom is -0.481 e. The van der Waals surface area contributed by atoms with E-state index < -0.39 is 0 Å². The molecule has 0 aliphatic rings. The molecule has 3 nitrogen and oxygen atoms in total. The van der Waals surface area contributed by atoms with Crippen molar-refractivity contribution in [2.45, 2.75) is 6.92 Å². The van der Waals surface area contributed by atoms with Crippen molar-refractivity contribution in [2.75, 3.05) is 6.61 Å². The van der Waals surface area contributed by atoms with Gasteiger partial charge >= 0.3 is 0 Å². The van der Waals surface area contributed by atoms with Gasteiger partial charge in [0.25, 0.3) is 5.56 Å². The standard InChI is InChI=1S/C16H14BrNO2/c1-4-9-20-12-6-7-13(14(17)10-12)15-8-5-11(2)16(19)18(15)3/h1,5-8,10H,9H2,2-3H3. The zero-order valence-electron chi connectivity index (χ0n) is 11.3. The molecule has 0 aliphatic heterocycles. The summed E-state index contributed by atoms with van der Waals surface area (Å²) >= 11 is 3.51. The molecule has 0 amide bonds. The van der Waals surface area contributed by atoms with Crippen molar-refractivity contribution < 1.29 is 4.74 Å². The lowest BCUT2D eigenvalue weighted by atomic mass is 10.1. The number of aromatic nitrogens is 1. The number of aryl methyl sites for hydroxylation is 1. The van der Waals surface area contributed by atoms with Crippen LogP contribution < -0.4 is 10.3 Å². The number of halogens is 1. The highest BCUT2D eigenvalue weighted by Gasteiger charge is 2.09. The zero-order chi connectivity index (χ0) is 14.7. The third-order valence-corrected chi connectivity index (χ3v) is 3.69. The van der Waals surface area contributed by atoms with E-state index >= 15 is 0 Å². The number of hydrogen-bond acceptors (Lipinski definition) is 2. The molecule has 0 aliphatic carbocycles. The van der Waals surface area contributed by atoms with E-state index in [1.54, 1.807) is 18.5 Å². The van der Waals surface area contributed by atoms with Crippen LogP contribution in [0.4, 0.5) is 0 Å². The Morgan fingerprint density at radius 2 is 2.10 bits per heavy atom. The van der Waals surface area contributed by atoms with Crippen LogP contribution in [0.3, 0.4) is 0 Å². The Morgan fingerprint density at radius 1 is 1.35 bits per heavy atom. The molecule has 1 heterocycles. The number of ether oxygens (including phenoxy) is 1. The van der Waals surface area contributed by atoms with Gasteiger partial charge in [-0.05, 0) is 47.1 Å². The first kappa shape index (κ1) is 14.4. The van der Waals surface area contributed by atoms with Crippen molar-refractivity contribution in [1.82, 2.24) is 4.57 Å². The second-order valence-corrected chi connectivity index (χ2v) is 5.25. The summed E-state index contributed by atoms with van der Waals surface area (Å²) in [6.45, 7) is 2.03. The van der Waals surface area contributed by atoms with Crippen molar-refractivity contribution in [3.63, 3.8) is 0 Å². The molecule has 0 saturated heterocycles. The van der Waals surface area contributed by atoms with Crippen LogP contribution in [0.2, 0.25) is 0 Å². The number of benzene rings is 1. The van der Waals surface area contributed by atoms with E-state index in [4.69, 9.17) is 11.2 Å². The topological polar surface area (TPSA) is 31.2 Å². The molecule has 0 unspecified atom stereocenters. The maximum absolute atomic E-state index is 12.0. The van der Waals surface area contributed by atoms with E-state index in [1.165, 1.54) is 0 Å². The molecule has 102 valence electrons. The predicted octanol–water partition coefficient (Wildman–Crippen LogP) is 3.14. The summed E-state index contributed by atoms with van der Waals surface area (Å²) in [5.74, 6) is 3.11. The zero-order valence-corrected chi connectivity index (χ0v) is 12.9. The van der Waals surface area contributed by atoms with Crippen LogP contribution in [0, 0.1) is 19.3 Å². The molecule has 0 atom stereocenters. The molecule has 0 fully saturated rings. The number of pyridine rings is 1. The van der Waals surface area contributed by atoms with E-state index in [0.717, 1.165) is 21.3 Å². The molecule has 2 aromatic rings. The Morgan fingerprint density at radius 3 is 2.75 bits per heavy atom. The highest BCUT2D eigenvalue weighted by molar-refractivity contribution is 9.10. The molecule has 0 N–H and O–H groups in total. The van der Waals surface area contributed by atoms with Crippen LogP contribution in [0.5, 0.6) is 5.75 Å². The second kappa shape index (κ2) is 5.98. The third-order valence-electron chi connectivity index (χ3n) is 3.03. The fraction of sp³-hybridized carbons (Fsp3) is 0.188. The minimum absolute atomic E-state index is 0.00191. The van der Waals surface area contributed by atoms with E-state index in [0.29, 0.717) is 5.75 Å². The minimum atomic E-state index is 0.00191. The van der Waals surface area contributed by atoms with Gasteiger partial charge in [-0.3, -0.25) is 4.79 Å². The van der Waals surface area contributed by atoms with E-state index in [-0.39, 0.29) is 12.2 Å². The maximum Gasteiger partial charge on any atom is 0.253 e. The summed E-state index contributed by atoms with van der Waals surface area (Å²) in [6, 6.07) is 9.34. The molecule has 1 aromatic heterocycles. The molecular formula is C16H14BrNO2. The van der Waals surface area contributed by atoms with Crippen LogP contribution in [0.25, 0.3) is 11.3 Å². The van der Waals surface area contributed by atoms with Gasteiger partial charge in [0.05, 0.1) is 5.69 Å². The fourth-order valence-electron chi connectivity index (χ4n) is 1.95. The molecule has 4 heteroatoms. The highest BCUT2D eigenvalue weighted by atomic mass is 79.9. The van der Waals surface area contributed by atoms with E-state index in [1.807, 2.05) is 30.3 Å². The Kier molecular flexibility index (Phi) is 4.31. The Labute approximate surface area is 126 Å². The predicted molar refractivity (Wildman–Crippen MR) is 83.9 cm³/mol. The van der Waals surface area contributed by atoms with E-state index in [2.05, 4.69) is 21.9 Å². The van der Waals surface area contributed by atoms with Gasteiger partial charge < -0.3 is 9.30 Å². The number of terminal acetylenes is 1. The smallest absolute Gasteiger partial charge is 0.253 e. The molecule has 20 heavy (non-hydrogen) atoms. The Bertz CT molecular complexity index is 741. The van der Waals surface area contributed by atoms with Crippen molar-refractivity contribution in [2.24, 2.45) is 7.05 Å². The summed E-state index contributed by atoms with van der Waals surface area (Å²) in [5.41, 5.74) is 2.50. The van der Waals surface area contributed by atoms with Crippen molar-refractivity contribution in [1.29, 1.82) is 0 Å². The monoisotopic (exact) mass is 331 g/mol. The van der Waals surface area contributed by atoms with Gasteiger partial charge in [-0.2, -0.15) is 0 Å². The number of rotatable bonds is 3. The molecule has 0 bridgehead atoms. The lowest BCUT2D eigenvalue weighted by molar-refractivity contribution is 0.370. The van der Waals surface area contributed by atoms with Crippen molar-refractivity contribution in [3.05, 3.63) is 50.7 Å². The van der Waals surface area contributed by atoms with Gasteiger partial charge in [0.1, 0.15) is 12.4 Å². The average Bonchev–Trinajstić information content (AvgIpc) is 2.44. The van der Waals surface area contributed by atoms with E-state index in [9.17, 15) is 4.79 Å². The van der Waals surface area contributed by atoms with Crippen molar-refractivity contribution in [3.8, 4) is 29.4 Å². The Balaban J connectivity index is 2.47. The van der Waals surface area contributed by atoms with Gasteiger partial charge in [-0.15, -0.1) is 6.42 Å². The first-order chi connectivity index (χ1) is 9.54. The van der Waals surface area contributed by atoms with Crippen molar-refractivity contribution >= 4 is 15.9 Å². The SMILES string of the molecule is C#CCOc1ccc(-c2ccc(C)c(=O)n2C)c(Br)c1. The molecule has 0 spiro atoms. The lowest BCUT2D eigenvalue weighted by Crippen LogP contribution is -2.20. The highest BCUT2D eigenvalue weighted by Crippen LogP contribution is 2.30. The summed E-state index contributed by atoms with van der Waals surface area (Å²) in [6.07, 6.45) is 5.16. The number of hydrogen-bond donors (Lipinski definition) is 0. The second-order valence-electron chi connectivity index (χ2n) is 4.40. The van der Waals surface area contributed by atoms with Gasteiger partial charge in [0, 0.05) is 22.6 Å². The van der Waals surface area contributed by atoms with Crippen LogP contribution in [-0.4, -0.2) is 11.2 Å². The fourth-order valence-corrected chi connectivity index (χ4v) is 2.51. The summed E-state index contributed by atoms with van der Waals surface area (Å²) in [5, 5.41) is 0. The summed E-state index contributed by atoms with van der Waals surface area (Å²) in [7, 11) is 1.76. The van der Waals surface area contributed by atoms with Gasteiger partial charge in [-0.25, -0.2) is 0 Å². The molecular weight excluding hydrogens is 318 g/mol. The average molecular weight is 332 g/mol. The first-order valence-corrected chi connectivity index (χ1v) is 6.86. The van der Waals surface area contributed by atoms with Gasteiger partial charge in [0.2, 0.25) is 0 Å². The first-order valence-electron chi connectivity index (χ1n) is 6.07. The quantitative estimate of drug-likeness (QED) is 0.809. The summed E-state index contributed by atoms with van der Waals surface area (Å²) < 4.78 is 7.85. The maximum atomic E-state index is 12.0. The normalized spacial score (nSPS) is 10.1. The largest absolute Gasteiger partial charge is 0.481 e. The molecule has 1 aromatic carbocycles.